The van der Waals surface area contributed by atoms with E-state index in [9.17, 15) is 23.6 Å². The van der Waals surface area contributed by atoms with Gasteiger partial charge in [-0.3, -0.25) is 24.1 Å². The number of aliphatic carboxylic acids is 1. The lowest BCUT2D eigenvalue weighted by Gasteiger charge is -2.33. The van der Waals surface area contributed by atoms with Crippen molar-refractivity contribution in [2.75, 3.05) is 16.9 Å². The summed E-state index contributed by atoms with van der Waals surface area (Å²) in [5.74, 6) is -4.51. The molecule has 2 amide bonds. The van der Waals surface area contributed by atoms with Crippen molar-refractivity contribution in [3.63, 3.8) is 0 Å². The summed E-state index contributed by atoms with van der Waals surface area (Å²) in [7, 11) is 0. The number of para-hydroxylation sites is 4. The van der Waals surface area contributed by atoms with Crippen LogP contribution < -0.4 is 15.5 Å². The molecule has 1 heterocycles. The molecule has 0 saturated heterocycles. The number of carboxylic acid groups (broad SMARTS) is 1. The van der Waals surface area contributed by atoms with Crippen LogP contribution in [-0.2, 0) is 19.2 Å². The lowest BCUT2D eigenvalue weighted by Crippen LogP contribution is -2.47. The summed E-state index contributed by atoms with van der Waals surface area (Å²) >= 11 is 0. The molecule has 2 aromatic rings. The van der Waals surface area contributed by atoms with Crippen molar-refractivity contribution >= 4 is 46.3 Å². The number of carboxylic acids is 1. The number of amides is 2. The average Bonchev–Trinajstić information content (AvgIpc) is 2.79. The first kappa shape index (κ1) is 23.9. The van der Waals surface area contributed by atoms with Gasteiger partial charge in [-0.15, -0.1) is 0 Å². The van der Waals surface area contributed by atoms with Crippen LogP contribution in [0.5, 0.6) is 0 Å². The molecule has 9 heteroatoms. The monoisotopic (exact) mass is 455 g/mol. The van der Waals surface area contributed by atoms with Crippen LogP contribution in [0.25, 0.3) is 0 Å². The molecule has 1 unspecified atom stereocenters. The van der Waals surface area contributed by atoms with Gasteiger partial charge in [0.25, 0.3) is 0 Å². The minimum absolute atomic E-state index is 0.185. The zero-order valence-electron chi connectivity index (χ0n) is 18.4. The van der Waals surface area contributed by atoms with Crippen molar-refractivity contribution in [1.29, 1.82) is 0 Å². The molecule has 1 aliphatic rings. The van der Waals surface area contributed by atoms with Crippen LogP contribution in [0.4, 0.5) is 27.1 Å². The maximum Gasteiger partial charge on any atom is 0.305 e. The molecule has 0 fully saturated rings. The first-order valence-electron chi connectivity index (χ1n) is 10.6. The first-order valence-corrected chi connectivity index (χ1v) is 10.6. The Morgan fingerprint density at radius 2 is 1.52 bits per heavy atom. The fourth-order valence-electron chi connectivity index (χ4n) is 3.79. The number of nitrogens with zero attached hydrogens (tertiary/aromatic N) is 1. The van der Waals surface area contributed by atoms with Crippen molar-refractivity contribution in [2.45, 2.75) is 32.7 Å². The molecule has 2 aromatic carbocycles. The third kappa shape index (κ3) is 5.36. The number of carbonyl (C=O) groups is 4. The number of halogens is 1. The van der Waals surface area contributed by atoms with Crippen LogP contribution in [0.3, 0.4) is 0 Å². The Labute approximate surface area is 190 Å². The van der Waals surface area contributed by atoms with E-state index in [1.54, 1.807) is 43.0 Å². The predicted octanol–water partition coefficient (Wildman–Crippen LogP) is 3.57. The Morgan fingerprint density at radius 3 is 2.00 bits per heavy atom. The number of carbonyl (C=O) groups excluding carboxylic acids is 3. The number of hydrogen-bond acceptors (Lipinski definition) is 5. The maximum absolute atomic E-state index is 13.5. The predicted molar refractivity (Wildman–Crippen MR) is 121 cm³/mol. The second kappa shape index (κ2) is 10.2. The van der Waals surface area contributed by atoms with Gasteiger partial charge in [0.2, 0.25) is 11.8 Å². The van der Waals surface area contributed by atoms with E-state index in [2.05, 4.69) is 10.6 Å². The molecule has 0 radical (unpaired) electrons. The minimum atomic E-state index is -1.49. The third-order valence-electron chi connectivity index (χ3n) is 5.56. The fourth-order valence-corrected chi connectivity index (χ4v) is 3.79. The topological polar surface area (TPSA) is 116 Å². The van der Waals surface area contributed by atoms with Gasteiger partial charge in [-0.05, 0) is 30.2 Å². The summed E-state index contributed by atoms with van der Waals surface area (Å²) in [6, 6.07) is 13.1. The summed E-state index contributed by atoms with van der Waals surface area (Å²) in [6.45, 7) is 2.11. The van der Waals surface area contributed by atoms with Gasteiger partial charge in [0.1, 0.15) is 12.7 Å². The Kier molecular flexibility index (Phi) is 7.42. The maximum atomic E-state index is 13.5. The molecule has 0 saturated carbocycles. The molecule has 8 nitrogen and oxygen atoms in total. The minimum Gasteiger partial charge on any atom is -0.481 e. The summed E-state index contributed by atoms with van der Waals surface area (Å²) < 4.78 is 12.9. The third-order valence-corrected chi connectivity index (χ3v) is 5.56. The van der Waals surface area contributed by atoms with Gasteiger partial charge in [-0.25, -0.2) is 4.39 Å². The molecule has 33 heavy (non-hydrogen) atoms. The van der Waals surface area contributed by atoms with Gasteiger partial charge in [0.15, 0.2) is 5.78 Å². The molecule has 0 aliphatic carbocycles. The van der Waals surface area contributed by atoms with Crippen molar-refractivity contribution in [3.8, 4) is 0 Å². The van der Waals surface area contributed by atoms with Crippen molar-refractivity contribution in [2.24, 2.45) is 11.8 Å². The molecule has 174 valence electrons. The number of anilines is 4. The van der Waals surface area contributed by atoms with Gasteiger partial charge < -0.3 is 15.7 Å². The number of alkyl halides is 1. The van der Waals surface area contributed by atoms with Crippen LogP contribution in [0, 0.1) is 11.8 Å². The normalized spacial score (nSPS) is 13.9. The number of Topliss-reactive ketones (excluding diaryl/α,β-unsaturated/α-hetero) is 1. The van der Waals surface area contributed by atoms with Crippen LogP contribution in [0.2, 0.25) is 0 Å². The zero-order chi connectivity index (χ0) is 24.1. The molecule has 0 spiro atoms. The lowest BCUT2D eigenvalue weighted by molar-refractivity contribution is -0.141. The van der Waals surface area contributed by atoms with E-state index < -0.39 is 42.7 Å². The Bertz CT molecular complexity index is 1030. The molecular formula is C24H26FN3O5. The average molecular weight is 455 g/mol. The Hall–Kier alpha value is -3.75. The van der Waals surface area contributed by atoms with Gasteiger partial charge >= 0.3 is 5.97 Å². The van der Waals surface area contributed by atoms with E-state index in [1.807, 2.05) is 24.3 Å². The molecule has 3 rings (SSSR count). The van der Waals surface area contributed by atoms with Gasteiger partial charge in [-0.2, -0.15) is 0 Å². The molecule has 0 bridgehead atoms. The van der Waals surface area contributed by atoms with Crippen LogP contribution in [0.15, 0.2) is 48.5 Å². The quantitative estimate of drug-likeness (QED) is 0.532. The van der Waals surface area contributed by atoms with E-state index in [1.165, 1.54) is 0 Å². The number of fused-ring (bicyclic) bond motifs is 2. The summed E-state index contributed by atoms with van der Waals surface area (Å²) in [6.07, 6.45) is -0.915. The highest BCUT2D eigenvalue weighted by Crippen LogP contribution is 2.43. The summed E-state index contributed by atoms with van der Waals surface area (Å²) in [5.41, 5.74) is 2.76. The molecule has 3 N–H and O–H groups in total. The smallest absolute Gasteiger partial charge is 0.305 e. The number of hydrogen-bond donors (Lipinski definition) is 3. The number of nitrogens with one attached hydrogen (secondary N) is 2. The number of ketones is 1. The van der Waals surface area contributed by atoms with E-state index >= 15 is 0 Å². The number of benzene rings is 2. The molecule has 1 aliphatic heterocycles. The van der Waals surface area contributed by atoms with Crippen molar-refractivity contribution in [1.82, 2.24) is 5.32 Å². The van der Waals surface area contributed by atoms with Crippen LogP contribution >= 0.6 is 0 Å². The summed E-state index contributed by atoms with van der Waals surface area (Å²) in [4.78, 5) is 50.8. The van der Waals surface area contributed by atoms with Gasteiger partial charge in [-0.1, -0.05) is 38.1 Å². The Balaban J connectivity index is 1.86. The lowest BCUT2D eigenvalue weighted by atomic mass is 9.90. The number of rotatable bonds is 9. The molecule has 0 aromatic heterocycles. The van der Waals surface area contributed by atoms with E-state index in [-0.39, 0.29) is 18.2 Å². The Morgan fingerprint density at radius 1 is 0.970 bits per heavy atom. The van der Waals surface area contributed by atoms with Crippen LogP contribution in [-0.4, -0.2) is 41.4 Å². The summed E-state index contributed by atoms with van der Waals surface area (Å²) in [5, 5.41) is 14.6. The van der Waals surface area contributed by atoms with E-state index in [0.29, 0.717) is 11.4 Å². The second-order valence-electron chi connectivity index (χ2n) is 8.20. The van der Waals surface area contributed by atoms with Crippen molar-refractivity contribution in [3.05, 3.63) is 48.5 Å². The van der Waals surface area contributed by atoms with Crippen LogP contribution in [0.1, 0.15) is 26.7 Å². The fraction of sp³-hybridized carbons (Fsp3) is 0.333. The first-order chi connectivity index (χ1) is 15.7. The van der Waals surface area contributed by atoms with Gasteiger partial charge in [0.05, 0.1) is 29.2 Å². The SMILES string of the molecule is CC(C)[C@@H](CC(=O)N1c2ccccc2Nc2ccccc21)C(=O)NC(CC(=O)O)C(=O)CF. The highest BCUT2D eigenvalue weighted by molar-refractivity contribution is 6.10. The molecule has 2 atom stereocenters. The van der Waals surface area contributed by atoms with E-state index in [0.717, 1.165) is 11.4 Å². The highest BCUT2D eigenvalue weighted by atomic mass is 19.1. The zero-order valence-corrected chi connectivity index (χ0v) is 18.4. The van der Waals surface area contributed by atoms with E-state index in [4.69, 9.17) is 5.11 Å². The van der Waals surface area contributed by atoms with Crippen molar-refractivity contribution < 1.29 is 28.7 Å². The van der Waals surface area contributed by atoms with Gasteiger partial charge in [0, 0.05) is 12.3 Å². The molecular weight excluding hydrogens is 429 g/mol. The second-order valence-corrected chi connectivity index (χ2v) is 8.20. The highest BCUT2D eigenvalue weighted by Gasteiger charge is 2.34. The largest absolute Gasteiger partial charge is 0.481 e. The standard InChI is InChI=1S/C24H26FN3O5/c1-14(2)15(24(33)27-18(12-23(31)32)21(29)13-25)11-22(30)28-19-9-5-3-7-16(19)26-17-8-4-6-10-20(17)28/h3-10,14-15,18,26H,11-13H2,1-2H3,(H,27,33)(H,31,32)/t15-,18?/m1/s1.